The summed E-state index contributed by atoms with van der Waals surface area (Å²) >= 11 is 0. The van der Waals surface area contributed by atoms with Crippen LogP contribution in [0.3, 0.4) is 0 Å². The summed E-state index contributed by atoms with van der Waals surface area (Å²) in [6.45, 7) is 6.32. The van der Waals surface area contributed by atoms with Crippen molar-refractivity contribution < 1.29 is 28.6 Å². The Labute approximate surface area is 494 Å². The molecule has 454 valence electrons. The first-order chi connectivity index (χ1) is 39.5. The van der Waals surface area contributed by atoms with Crippen molar-refractivity contribution in [1.29, 1.82) is 0 Å². The second-order valence-electron chi connectivity index (χ2n) is 21.6. The number of unbranched alkanes of at least 4 members (excludes halogenated alkanes) is 27. The average molecular weight is 1110 g/mol. The maximum Gasteiger partial charge on any atom is 0.309 e. The molecule has 0 saturated heterocycles. The summed E-state index contributed by atoms with van der Waals surface area (Å²) in [5.74, 6) is -1.05. The third-order valence-electron chi connectivity index (χ3n) is 13.9. The molecule has 1 atom stereocenters. The molecule has 0 aliphatic rings. The van der Waals surface area contributed by atoms with Gasteiger partial charge in [0, 0.05) is 12.8 Å². The van der Waals surface area contributed by atoms with E-state index in [9.17, 15) is 14.4 Å². The molecule has 0 N–H and O–H groups in total. The molecule has 6 nitrogen and oxygen atoms in total. The van der Waals surface area contributed by atoms with Gasteiger partial charge in [-0.2, -0.15) is 0 Å². The molecule has 80 heavy (non-hydrogen) atoms. The van der Waals surface area contributed by atoms with E-state index in [0.29, 0.717) is 12.8 Å². The highest BCUT2D eigenvalue weighted by Gasteiger charge is 2.19. The van der Waals surface area contributed by atoms with Crippen LogP contribution in [-0.2, 0) is 28.6 Å². The second kappa shape index (κ2) is 67.1. The Hall–Kier alpha value is -4.45. The quantitative estimate of drug-likeness (QED) is 0.0261. The Morgan fingerprint density at radius 1 is 0.275 bits per heavy atom. The molecule has 0 heterocycles. The van der Waals surface area contributed by atoms with E-state index in [0.717, 1.165) is 109 Å². The van der Waals surface area contributed by atoms with Gasteiger partial charge in [0.2, 0.25) is 0 Å². The molecule has 1 unspecified atom stereocenters. The lowest BCUT2D eigenvalue weighted by Gasteiger charge is -2.18. The van der Waals surface area contributed by atoms with Crippen molar-refractivity contribution in [2.24, 2.45) is 0 Å². The standard InChI is InChI=1S/C74H122O6/c1-4-7-10-13-16-19-22-25-28-30-32-33-34-35-36-37-38-39-40-41-42-44-46-49-52-55-58-61-64-67-73(76)79-70-71(69-78-72(75)66-63-60-57-54-51-48-45-27-24-21-18-15-12-9-6-3)80-74(77)68-65-62-59-56-53-50-47-43-31-29-26-23-20-17-14-11-8-5-2/h7,9-10,12,16,18-21,23,25,27-29,31-33,45,51,54,60,63,71H,4-6,8,11,13-15,17,22,24,26,30,34-44,46-50,52-53,55-59,61-62,64-70H2,1-3H3/b10-7-,12-9-,19-16-,21-18-,23-20-,28-25-,31-29-,33-32-,45-27-,54-51-,63-60-. The first-order valence-corrected chi connectivity index (χ1v) is 33.2. The van der Waals surface area contributed by atoms with Crippen LogP contribution in [-0.4, -0.2) is 37.2 Å². The van der Waals surface area contributed by atoms with Crippen molar-refractivity contribution in [2.45, 2.75) is 303 Å². The zero-order valence-electron chi connectivity index (χ0n) is 52.0. The van der Waals surface area contributed by atoms with Crippen LogP contribution in [0.1, 0.15) is 297 Å². The van der Waals surface area contributed by atoms with Crippen LogP contribution in [0, 0.1) is 0 Å². The van der Waals surface area contributed by atoms with Gasteiger partial charge >= 0.3 is 17.9 Å². The first-order valence-electron chi connectivity index (χ1n) is 33.2. The molecule has 0 aromatic heterocycles. The van der Waals surface area contributed by atoms with Gasteiger partial charge < -0.3 is 14.2 Å². The number of hydrogen-bond donors (Lipinski definition) is 0. The van der Waals surface area contributed by atoms with Gasteiger partial charge in [-0.1, -0.05) is 296 Å². The molecule has 0 radical (unpaired) electrons. The molecule has 0 aliphatic heterocycles. The van der Waals surface area contributed by atoms with Gasteiger partial charge in [-0.3, -0.25) is 14.4 Å². The van der Waals surface area contributed by atoms with E-state index in [1.165, 1.54) is 148 Å². The van der Waals surface area contributed by atoms with E-state index >= 15 is 0 Å². The first kappa shape index (κ1) is 75.5. The zero-order chi connectivity index (χ0) is 57.8. The van der Waals surface area contributed by atoms with Gasteiger partial charge in [0.05, 0.1) is 6.42 Å². The third-order valence-corrected chi connectivity index (χ3v) is 13.9. The summed E-state index contributed by atoms with van der Waals surface area (Å²) in [6, 6.07) is 0. The average Bonchev–Trinajstić information content (AvgIpc) is 3.46. The van der Waals surface area contributed by atoms with Crippen molar-refractivity contribution >= 4 is 17.9 Å². The summed E-state index contributed by atoms with van der Waals surface area (Å²) in [5, 5.41) is 0. The Bertz CT molecular complexity index is 1700. The topological polar surface area (TPSA) is 78.9 Å². The number of carbonyl (C=O) groups excluding carboxylic acids is 3. The Balaban J connectivity index is 4.35. The van der Waals surface area contributed by atoms with Crippen LogP contribution in [0.15, 0.2) is 134 Å². The minimum absolute atomic E-state index is 0.113. The summed E-state index contributed by atoms with van der Waals surface area (Å²) in [5.41, 5.74) is 0. The molecular formula is C74H122O6. The lowest BCUT2D eigenvalue weighted by Crippen LogP contribution is -2.30. The van der Waals surface area contributed by atoms with Crippen LogP contribution in [0.25, 0.3) is 0 Å². The highest BCUT2D eigenvalue weighted by molar-refractivity contribution is 5.72. The summed E-state index contributed by atoms with van der Waals surface area (Å²) in [7, 11) is 0. The van der Waals surface area contributed by atoms with Crippen LogP contribution >= 0.6 is 0 Å². The molecule has 0 aromatic rings. The molecule has 0 fully saturated rings. The zero-order valence-corrected chi connectivity index (χ0v) is 52.0. The molecule has 0 bridgehead atoms. The van der Waals surface area contributed by atoms with Crippen LogP contribution < -0.4 is 0 Å². The Morgan fingerprint density at radius 2 is 0.537 bits per heavy atom. The van der Waals surface area contributed by atoms with E-state index in [-0.39, 0.29) is 31.6 Å². The fourth-order valence-corrected chi connectivity index (χ4v) is 9.01. The molecule has 0 aromatic carbocycles. The number of esters is 3. The molecule has 0 rings (SSSR count). The van der Waals surface area contributed by atoms with E-state index in [2.05, 4.69) is 142 Å². The molecular weight excluding hydrogens is 985 g/mol. The predicted molar refractivity (Wildman–Crippen MR) is 348 cm³/mol. The SMILES string of the molecule is CC/C=C\C/C=C\C/C=C\C/C=C\C/C=C\CC(=O)OCC(COC(=O)CCCCCCCCCCCCCCCCCC/C=C\C/C=C\C/C=C\C/C=C\CC)OC(=O)CCCCCCCCC/C=C\C/C=C\CCCCCC. The largest absolute Gasteiger partial charge is 0.462 e. The minimum atomic E-state index is -0.827. The number of carbonyl (C=O) groups is 3. The van der Waals surface area contributed by atoms with Gasteiger partial charge in [0.25, 0.3) is 0 Å². The maximum atomic E-state index is 12.9. The lowest BCUT2D eigenvalue weighted by atomic mass is 10.0. The highest BCUT2D eigenvalue weighted by Crippen LogP contribution is 2.16. The number of ether oxygens (including phenoxy) is 3. The minimum Gasteiger partial charge on any atom is -0.462 e. The lowest BCUT2D eigenvalue weighted by molar-refractivity contribution is -0.166. The van der Waals surface area contributed by atoms with E-state index in [4.69, 9.17) is 14.2 Å². The Morgan fingerprint density at radius 3 is 0.875 bits per heavy atom. The number of rotatable bonds is 59. The summed E-state index contributed by atoms with van der Waals surface area (Å²) in [4.78, 5) is 38.3. The maximum absolute atomic E-state index is 12.9. The van der Waals surface area contributed by atoms with Crippen molar-refractivity contribution in [3.8, 4) is 0 Å². The molecule has 6 heteroatoms. The van der Waals surface area contributed by atoms with Crippen molar-refractivity contribution in [3.05, 3.63) is 134 Å². The fourth-order valence-electron chi connectivity index (χ4n) is 9.01. The molecule has 0 aliphatic carbocycles. The monoisotopic (exact) mass is 1110 g/mol. The Kier molecular flexibility index (Phi) is 63.3. The van der Waals surface area contributed by atoms with Crippen molar-refractivity contribution in [2.75, 3.05) is 13.2 Å². The van der Waals surface area contributed by atoms with E-state index in [1.807, 2.05) is 6.08 Å². The van der Waals surface area contributed by atoms with Gasteiger partial charge in [-0.05, 0) is 116 Å². The fraction of sp³-hybridized carbons (Fsp3) is 0.662. The van der Waals surface area contributed by atoms with Crippen LogP contribution in [0.5, 0.6) is 0 Å². The third kappa shape index (κ3) is 64.4. The normalized spacial score (nSPS) is 13.0. The summed E-state index contributed by atoms with van der Waals surface area (Å²) in [6.07, 6.45) is 95.0. The second-order valence-corrected chi connectivity index (χ2v) is 21.6. The number of hydrogen-bond acceptors (Lipinski definition) is 6. The van der Waals surface area contributed by atoms with Crippen molar-refractivity contribution in [1.82, 2.24) is 0 Å². The summed E-state index contributed by atoms with van der Waals surface area (Å²) < 4.78 is 16.8. The van der Waals surface area contributed by atoms with Crippen molar-refractivity contribution in [3.63, 3.8) is 0 Å². The van der Waals surface area contributed by atoms with Gasteiger partial charge in [0.1, 0.15) is 13.2 Å². The molecule has 0 spiro atoms. The number of allylic oxidation sites excluding steroid dienone is 21. The van der Waals surface area contributed by atoms with Crippen LogP contribution in [0.4, 0.5) is 0 Å². The van der Waals surface area contributed by atoms with Crippen LogP contribution in [0.2, 0.25) is 0 Å². The van der Waals surface area contributed by atoms with Gasteiger partial charge in [-0.15, -0.1) is 0 Å². The smallest absolute Gasteiger partial charge is 0.309 e. The van der Waals surface area contributed by atoms with E-state index in [1.54, 1.807) is 6.08 Å². The van der Waals surface area contributed by atoms with Gasteiger partial charge in [-0.25, -0.2) is 0 Å². The molecule has 0 saturated carbocycles. The predicted octanol–water partition coefficient (Wildman–Crippen LogP) is 22.9. The van der Waals surface area contributed by atoms with E-state index < -0.39 is 12.1 Å². The molecule has 0 amide bonds. The highest BCUT2D eigenvalue weighted by atomic mass is 16.6. The van der Waals surface area contributed by atoms with Gasteiger partial charge in [0.15, 0.2) is 6.10 Å².